The van der Waals surface area contributed by atoms with Crippen LogP contribution in [0.4, 0.5) is 0 Å². The molecule has 57 heavy (non-hydrogen) atoms. The monoisotopic (exact) mass is 747 g/mol. The Bertz CT molecular complexity index is 3440. The zero-order chi connectivity index (χ0) is 37.5. The molecular formula is C52H33N3OS. The van der Waals surface area contributed by atoms with Crippen molar-refractivity contribution >= 4 is 86.7 Å². The second-order valence-corrected chi connectivity index (χ2v) is 15.8. The third kappa shape index (κ3) is 5.17. The molecule has 0 saturated heterocycles. The van der Waals surface area contributed by atoms with Gasteiger partial charge in [0.2, 0.25) is 0 Å². The van der Waals surface area contributed by atoms with Gasteiger partial charge in [0.15, 0.2) is 0 Å². The molecule has 12 rings (SSSR count). The van der Waals surface area contributed by atoms with E-state index in [1.54, 1.807) is 0 Å². The molecule has 1 N–H and O–H groups in total. The number of furan rings is 1. The Labute approximate surface area is 332 Å². The van der Waals surface area contributed by atoms with Crippen molar-refractivity contribution < 1.29 is 4.42 Å². The number of aliphatic imine (C=N–C) groups is 1. The van der Waals surface area contributed by atoms with E-state index >= 15 is 0 Å². The molecule has 0 spiro atoms. The maximum atomic E-state index is 6.26. The Balaban J connectivity index is 1.10. The van der Waals surface area contributed by atoms with Crippen LogP contribution in [0.2, 0.25) is 0 Å². The molecule has 0 amide bonds. The van der Waals surface area contributed by atoms with Crippen molar-refractivity contribution in [1.29, 1.82) is 0 Å². The van der Waals surface area contributed by atoms with E-state index < -0.39 is 0 Å². The number of benzene rings is 8. The van der Waals surface area contributed by atoms with Crippen molar-refractivity contribution in [2.75, 3.05) is 0 Å². The molecule has 0 saturated carbocycles. The van der Waals surface area contributed by atoms with Crippen molar-refractivity contribution in [2.45, 2.75) is 6.17 Å². The summed E-state index contributed by atoms with van der Waals surface area (Å²) in [5.41, 5.74) is 12.9. The lowest BCUT2D eigenvalue weighted by atomic mass is 9.99. The van der Waals surface area contributed by atoms with Gasteiger partial charge in [-0.15, -0.1) is 11.3 Å². The first-order valence-electron chi connectivity index (χ1n) is 19.3. The normalized spacial score (nSPS) is 14.5. The fourth-order valence-corrected chi connectivity index (χ4v) is 9.95. The average molecular weight is 748 g/mol. The Morgan fingerprint density at radius 3 is 2.09 bits per heavy atom. The Kier molecular flexibility index (Phi) is 7.13. The molecular weight excluding hydrogens is 715 g/mol. The summed E-state index contributed by atoms with van der Waals surface area (Å²) in [7, 11) is 0. The molecule has 8 aromatic carbocycles. The molecule has 0 bridgehead atoms. The summed E-state index contributed by atoms with van der Waals surface area (Å²) in [6.45, 7) is 0. The van der Waals surface area contributed by atoms with Gasteiger partial charge in [0, 0.05) is 64.2 Å². The van der Waals surface area contributed by atoms with Crippen LogP contribution in [0.15, 0.2) is 197 Å². The van der Waals surface area contributed by atoms with Crippen molar-refractivity contribution in [3.05, 3.63) is 205 Å². The lowest BCUT2D eigenvalue weighted by molar-refractivity contribution is 0.664. The highest BCUT2D eigenvalue weighted by Gasteiger charge is 2.22. The van der Waals surface area contributed by atoms with E-state index in [1.807, 2.05) is 23.5 Å². The summed E-state index contributed by atoms with van der Waals surface area (Å²) in [6, 6.07) is 65.2. The summed E-state index contributed by atoms with van der Waals surface area (Å²) in [5.74, 6) is 0. The third-order valence-electron chi connectivity index (χ3n) is 11.4. The second kappa shape index (κ2) is 12.7. The van der Waals surface area contributed by atoms with Crippen LogP contribution >= 0.6 is 11.3 Å². The highest BCUT2D eigenvalue weighted by molar-refractivity contribution is 7.26. The largest absolute Gasteiger partial charge is 0.456 e. The molecule has 11 aromatic rings. The predicted octanol–water partition coefficient (Wildman–Crippen LogP) is 13.9. The molecule has 5 heteroatoms. The maximum Gasteiger partial charge on any atom is 0.145 e. The highest BCUT2D eigenvalue weighted by atomic mass is 32.1. The van der Waals surface area contributed by atoms with Gasteiger partial charge in [-0.2, -0.15) is 0 Å². The van der Waals surface area contributed by atoms with Gasteiger partial charge in [0.05, 0.1) is 16.7 Å². The van der Waals surface area contributed by atoms with Crippen LogP contribution < -0.4 is 5.32 Å². The van der Waals surface area contributed by atoms with Gasteiger partial charge >= 0.3 is 0 Å². The fraction of sp³-hybridized carbons (Fsp3) is 0.0192. The van der Waals surface area contributed by atoms with Gasteiger partial charge in [0.1, 0.15) is 17.3 Å². The molecule has 0 radical (unpaired) electrons. The first kappa shape index (κ1) is 32.1. The van der Waals surface area contributed by atoms with Crippen LogP contribution in [-0.2, 0) is 0 Å². The van der Waals surface area contributed by atoms with Crippen LogP contribution in [0.5, 0.6) is 0 Å². The Morgan fingerprint density at radius 1 is 0.509 bits per heavy atom. The molecule has 4 heterocycles. The van der Waals surface area contributed by atoms with Crippen LogP contribution in [0.25, 0.3) is 86.4 Å². The summed E-state index contributed by atoms with van der Waals surface area (Å²) in [5, 5.41) is 10.9. The van der Waals surface area contributed by atoms with Gasteiger partial charge < -0.3 is 14.3 Å². The first-order chi connectivity index (χ1) is 28.2. The number of fused-ring (bicyclic) bond motifs is 9. The highest BCUT2D eigenvalue weighted by Crippen LogP contribution is 2.44. The van der Waals surface area contributed by atoms with Crippen molar-refractivity contribution in [1.82, 2.24) is 9.88 Å². The van der Waals surface area contributed by atoms with Gasteiger partial charge in [-0.1, -0.05) is 133 Å². The maximum absolute atomic E-state index is 6.26. The topological polar surface area (TPSA) is 42.5 Å². The lowest BCUT2D eigenvalue weighted by Gasteiger charge is -2.25. The minimum atomic E-state index is -0.218. The molecule has 1 unspecified atom stereocenters. The number of nitrogens with one attached hydrogen (secondary N) is 1. The third-order valence-corrected chi connectivity index (χ3v) is 12.6. The van der Waals surface area contributed by atoms with Gasteiger partial charge in [0.25, 0.3) is 0 Å². The number of thiophene rings is 1. The molecule has 268 valence electrons. The summed E-state index contributed by atoms with van der Waals surface area (Å²) >= 11 is 1.86. The predicted molar refractivity (Wildman–Crippen MR) is 240 cm³/mol. The minimum Gasteiger partial charge on any atom is -0.456 e. The molecule has 1 aliphatic rings. The first-order valence-corrected chi connectivity index (χ1v) is 20.1. The number of aromatic nitrogens is 1. The van der Waals surface area contributed by atoms with E-state index in [0.717, 1.165) is 61.2 Å². The molecule has 3 aromatic heterocycles. The smallest absolute Gasteiger partial charge is 0.145 e. The zero-order valence-electron chi connectivity index (χ0n) is 30.7. The van der Waals surface area contributed by atoms with E-state index in [0.29, 0.717) is 0 Å². The van der Waals surface area contributed by atoms with Crippen molar-refractivity contribution in [3.8, 4) is 16.8 Å². The number of hydrogen-bond donors (Lipinski definition) is 1. The Hall–Kier alpha value is -7.21. The number of rotatable bonds is 5. The van der Waals surface area contributed by atoms with Crippen molar-refractivity contribution in [3.63, 3.8) is 0 Å². The number of allylic oxidation sites excluding steroid dienone is 1. The number of hydrogen-bond acceptors (Lipinski definition) is 4. The molecule has 0 aliphatic carbocycles. The summed E-state index contributed by atoms with van der Waals surface area (Å²) < 4.78 is 11.3. The number of nitrogens with zero attached hydrogens (tertiary/aromatic N) is 2. The lowest BCUT2D eigenvalue weighted by Crippen LogP contribution is -2.24. The van der Waals surface area contributed by atoms with E-state index in [2.05, 4.69) is 186 Å². The van der Waals surface area contributed by atoms with Crippen LogP contribution in [0.3, 0.4) is 0 Å². The van der Waals surface area contributed by atoms with Crippen LogP contribution in [-0.4, -0.2) is 10.3 Å². The van der Waals surface area contributed by atoms with Crippen LogP contribution in [0, 0.1) is 0 Å². The van der Waals surface area contributed by atoms with Gasteiger partial charge in [-0.3, -0.25) is 4.99 Å². The standard InChI is InChI=1S/C52H33N3OS/c1-3-13-32(14-4-1)44-31-45(54-52(53-44)33-15-5-2-6-16-33)35-23-25-38-37-17-7-10-20-46(37)55(47(38)28-35)36-29-41(51-43(30-36)40-19-9-12-22-50(40)57-51)34-24-26-49-42(27-34)39-18-8-11-21-48(39)56-49/h1-31,52-53H. The minimum absolute atomic E-state index is 0.218. The SMILES string of the molecule is C1=C(c2ccccc2)NC(c2ccccc2)N=C1c1ccc2c3ccccc3n(-c3cc(-c4ccc5oc6ccccc6c5c4)c4sc5ccccc5c4c3)c2c1. The van der Waals surface area contributed by atoms with E-state index in [-0.39, 0.29) is 6.17 Å². The number of para-hydroxylation sites is 2. The van der Waals surface area contributed by atoms with Crippen LogP contribution in [0.1, 0.15) is 22.9 Å². The van der Waals surface area contributed by atoms with Crippen molar-refractivity contribution in [2.24, 2.45) is 4.99 Å². The average Bonchev–Trinajstić information content (AvgIpc) is 3.95. The molecule has 4 nitrogen and oxygen atoms in total. The second-order valence-electron chi connectivity index (χ2n) is 14.8. The molecule has 1 atom stereocenters. The van der Waals surface area contributed by atoms with E-state index in [1.165, 1.54) is 47.6 Å². The van der Waals surface area contributed by atoms with Gasteiger partial charge in [-0.25, -0.2) is 0 Å². The summed E-state index contributed by atoms with van der Waals surface area (Å²) in [4.78, 5) is 5.34. The quantitative estimate of drug-likeness (QED) is 0.190. The van der Waals surface area contributed by atoms with Gasteiger partial charge in [-0.05, 0) is 71.3 Å². The van der Waals surface area contributed by atoms with E-state index in [9.17, 15) is 0 Å². The molecule has 0 fully saturated rings. The Morgan fingerprint density at radius 2 is 1.21 bits per heavy atom. The fourth-order valence-electron chi connectivity index (χ4n) is 8.73. The summed E-state index contributed by atoms with van der Waals surface area (Å²) in [6.07, 6.45) is 1.98. The molecule has 1 aliphatic heterocycles. The van der Waals surface area contributed by atoms with E-state index in [4.69, 9.17) is 9.41 Å². The zero-order valence-corrected chi connectivity index (χ0v) is 31.5.